The van der Waals surface area contributed by atoms with Crippen LogP contribution in [-0.2, 0) is 4.84 Å². The summed E-state index contributed by atoms with van der Waals surface area (Å²) in [7, 11) is 0. The molecular weight excluding hydrogens is 347 g/mol. The van der Waals surface area contributed by atoms with Crippen molar-refractivity contribution in [3.8, 4) is 23.0 Å². The second kappa shape index (κ2) is 7.28. The van der Waals surface area contributed by atoms with E-state index in [1.54, 1.807) is 6.08 Å². The standard InChI is InChI=1S/C17H15FN2O6/c18-6-8-19-7-5-15(26-19)17-14(22)9-12(21)10-16(17)25-13-3-1-11(2-4-13)20(23)24/h1-5,9-10,21-22H,6-8H2. The molecule has 0 atom stereocenters. The molecule has 0 radical (unpaired) electrons. The Kier molecular flexibility index (Phi) is 4.90. The van der Waals surface area contributed by atoms with Crippen LogP contribution in [0, 0.1) is 10.1 Å². The number of aromatic hydroxyl groups is 2. The van der Waals surface area contributed by atoms with Crippen LogP contribution in [0.5, 0.6) is 23.0 Å². The normalized spacial score (nSPS) is 14.0. The van der Waals surface area contributed by atoms with Crippen molar-refractivity contribution in [3.63, 3.8) is 0 Å². The van der Waals surface area contributed by atoms with Crippen molar-refractivity contribution >= 4 is 11.4 Å². The van der Waals surface area contributed by atoms with Gasteiger partial charge >= 0.3 is 0 Å². The highest BCUT2D eigenvalue weighted by atomic mass is 19.1. The van der Waals surface area contributed by atoms with Crippen molar-refractivity contribution < 1.29 is 29.1 Å². The summed E-state index contributed by atoms with van der Waals surface area (Å²) in [6, 6.07) is 7.72. The fraction of sp³-hybridized carbons (Fsp3) is 0.176. The molecule has 0 aromatic heterocycles. The van der Waals surface area contributed by atoms with Gasteiger partial charge in [-0.25, -0.2) is 4.39 Å². The topological polar surface area (TPSA) is 105 Å². The highest BCUT2D eigenvalue weighted by Crippen LogP contribution is 2.42. The molecule has 2 aromatic carbocycles. The van der Waals surface area contributed by atoms with E-state index in [2.05, 4.69) is 0 Å². The number of ether oxygens (including phenoxy) is 1. The molecule has 0 saturated heterocycles. The first-order chi connectivity index (χ1) is 12.5. The lowest BCUT2D eigenvalue weighted by Crippen LogP contribution is -2.21. The van der Waals surface area contributed by atoms with Crippen molar-refractivity contribution in [1.29, 1.82) is 0 Å². The molecule has 0 amide bonds. The Bertz CT molecular complexity index is 853. The maximum Gasteiger partial charge on any atom is 0.269 e. The molecule has 3 rings (SSSR count). The predicted molar refractivity (Wildman–Crippen MR) is 89.6 cm³/mol. The lowest BCUT2D eigenvalue weighted by Gasteiger charge is -2.17. The van der Waals surface area contributed by atoms with Crippen molar-refractivity contribution in [2.24, 2.45) is 0 Å². The van der Waals surface area contributed by atoms with Crippen molar-refractivity contribution in [3.05, 3.63) is 58.2 Å². The zero-order valence-corrected chi connectivity index (χ0v) is 13.5. The molecule has 0 fully saturated rings. The van der Waals surface area contributed by atoms with E-state index < -0.39 is 11.6 Å². The van der Waals surface area contributed by atoms with Gasteiger partial charge in [0, 0.05) is 24.3 Å². The smallest absolute Gasteiger partial charge is 0.269 e. The van der Waals surface area contributed by atoms with E-state index in [1.807, 2.05) is 0 Å². The number of phenols is 2. The number of hydroxylamine groups is 2. The van der Waals surface area contributed by atoms with Crippen LogP contribution in [0.2, 0.25) is 0 Å². The van der Waals surface area contributed by atoms with Gasteiger partial charge in [0.05, 0.1) is 18.0 Å². The number of nitro groups is 1. The fourth-order valence-electron chi connectivity index (χ4n) is 2.45. The summed E-state index contributed by atoms with van der Waals surface area (Å²) in [5, 5.41) is 32.0. The average Bonchev–Trinajstić information content (AvgIpc) is 3.03. The summed E-state index contributed by atoms with van der Waals surface area (Å²) in [5.41, 5.74) is 0.0857. The third-order valence-electron chi connectivity index (χ3n) is 3.63. The molecule has 8 nitrogen and oxygen atoms in total. The first-order valence-electron chi connectivity index (χ1n) is 7.65. The Morgan fingerprint density at radius 1 is 1.27 bits per heavy atom. The van der Waals surface area contributed by atoms with Crippen molar-refractivity contribution in [1.82, 2.24) is 5.06 Å². The highest BCUT2D eigenvalue weighted by molar-refractivity contribution is 5.73. The van der Waals surface area contributed by atoms with Gasteiger partial charge in [0.1, 0.15) is 35.2 Å². The monoisotopic (exact) mass is 362 g/mol. The summed E-state index contributed by atoms with van der Waals surface area (Å²) < 4.78 is 18.1. The van der Waals surface area contributed by atoms with E-state index in [-0.39, 0.29) is 46.6 Å². The Hall–Kier alpha value is -3.33. The van der Waals surface area contributed by atoms with Gasteiger partial charge in [-0.05, 0) is 18.2 Å². The molecular formula is C17H15FN2O6. The van der Waals surface area contributed by atoms with Gasteiger partial charge in [-0.2, -0.15) is 0 Å². The molecule has 1 heterocycles. The van der Waals surface area contributed by atoms with Gasteiger partial charge in [0.2, 0.25) is 0 Å². The van der Waals surface area contributed by atoms with Crippen LogP contribution in [0.25, 0.3) is 5.76 Å². The van der Waals surface area contributed by atoms with Crippen molar-refractivity contribution in [2.45, 2.75) is 0 Å². The molecule has 2 N–H and O–H groups in total. The number of nitrogens with zero attached hydrogens (tertiary/aromatic N) is 2. The third-order valence-corrected chi connectivity index (χ3v) is 3.63. The average molecular weight is 362 g/mol. The zero-order chi connectivity index (χ0) is 18.7. The Balaban J connectivity index is 1.90. The summed E-state index contributed by atoms with van der Waals surface area (Å²) in [5.74, 6) is 0.0938. The number of rotatable bonds is 6. The van der Waals surface area contributed by atoms with Gasteiger partial charge in [0.15, 0.2) is 5.76 Å². The molecule has 9 heteroatoms. The molecule has 0 unspecified atom stereocenters. The minimum Gasteiger partial charge on any atom is -0.508 e. The number of alkyl halides is 1. The summed E-state index contributed by atoms with van der Waals surface area (Å²) in [6.45, 7) is -0.192. The van der Waals surface area contributed by atoms with Gasteiger partial charge < -0.3 is 19.8 Å². The van der Waals surface area contributed by atoms with Crippen LogP contribution >= 0.6 is 0 Å². The van der Waals surface area contributed by atoms with Gasteiger partial charge in [-0.15, -0.1) is 5.06 Å². The minimum absolute atomic E-state index is 0.0669. The number of nitro benzene ring substituents is 1. The van der Waals surface area contributed by atoms with Crippen LogP contribution in [0.3, 0.4) is 0 Å². The first kappa shape index (κ1) is 17.5. The van der Waals surface area contributed by atoms with Crippen molar-refractivity contribution in [2.75, 3.05) is 19.8 Å². The number of non-ortho nitro benzene ring substituents is 1. The molecule has 0 aliphatic carbocycles. The van der Waals surface area contributed by atoms with E-state index in [1.165, 1.54) is 35.4 Å². The largest absolute Gasteiger partial charge is 0.508 e. The minimum atomic E-state index is -0.588. The number of halogens is 1. The maximum atomic E-state index is 12.5. The molecule has 26 heavy (non-hydrogen) atoms. The molecule has 136 valence electrons. The van der Waals surface area contributed by atoms with Gasteiger partial charge in [-0.1, -0.05) is 0 Å². The zero-order valence-electron chi connectivity index (χ0n) is 13.5. The van der Waals surface area contributed by atoms with Gasteiger partial charge in [0.25, 0.3) is 5.69 Å². The molecule has 2 aromatic rings. The Labute approximate surface area is 147 Å². The van der Waals surface area contributed by atoms with E-state index in [0.717, 1.165) is 6.07 Å². The Morgan fingerprint density at radius 3 is 2.65 bits per heavy atom. The van der Waals surface area contributed by atoms with E-state index >= 15 is 0 Å². The molecule has 0 saturated carbocycles. The SMILES string of the molecule is O=[N+]([O-])c1ccc(Oc2cc(O)cc(O)c2C2=CCN(CCF)O2)cc1. The van der Waals surface area contributed by atoms with Crippen LogP contribution in [0.4, 0.5) is 10.1 Å². The van der Waals surface area contributed by atoms with Crippen LogP contribution < -0.4 is 4.74 Å². The lowest BCUT2D eigenvalue weighted by molar-refractivity contribution is -0.384. The number of hydrogen-bond acceptors (Lipinski definition) is 7. The second-order valence-corrected chi connectivity index (χ2v) is 5.43. The van der Waals surface area contributed by atoms with E-state index in [0.29, 0.717) is 6.54 Å². The van der Waals surface area contributed by atoms with E-state index in [4.69, 9.17) is 9.57 Å². The number of benzene rings is 2. The van der Waals surface area contributed by atoms with Crippen LogP contribution in [-0.4, -0.2) is 40.0 Å². The molecule has 1 aliphatic heterocycles. The summed E-state index contributed by atoms with van der Waals surface area (Å²) in [4.78, 5) is 15.7. The summed E-state index contributed by atoms with van der Waals surface area (Å²) in [6.07, 6.45) is 1.64. The Morgan fingerprint density at radius 2 is 2.00 bits per heavy atom. The summed E-state index contributed by atoms with van der Waals surface area (Å²) >= 11 is 0. The molecule has 0 bridgehead atoms. The molecule has 0 spiro atoms. The quantitative estimate of drug-likeness (QED) is 0.599. The van der Waals surface area contributed by atoms with E-state index in [9.17, 15) is 24.7 Å². The van der Waals surface area contributed by atoms with Gasteiger partial charge in [-0.3, -0.25) is 10.1 Å². The highest BCUT2D eigenvalue weighted by Gasteiger charge is 2.24. The first-order valence-corrected chi connectivity index (χ1v) is 7.65. The fourth-order valence-corrected chi connectivity index (χ4v) is 2.45. The van der Waals surface area contributed by atoms with Crippen LogP contribution in [0.15, 0.2) is 42.5 Å². The third kappa shape index (κ3) is 3.67. The second-order valence-electron chi connectivity index (χ2n) is 5.43. The predicted octanol–water partition coefficient (Wildman–Crippen LogP) is 3.36. The number of phenolic OH excluding ortho intramolecular Hbond substituents is 2. The number of hydrogen-bond donors (Lipinski definition) is 2. The molecule has 1 aliphatic rings. The maximum absolute atomic E-state index is 12.5. The van der Waals surface area contributed by atoms with Crippen LogP contribution in [0.1, 0.15) is 5.56 Å². The lowest BCUT2D eigenvalue weighted by atomic mass is 10.1.